The van der Waals surface area contributed by atoms with Crippen LogP contribution in [-0.4, -0.2) is 19.3 Å². The highest BCUT2D eigenvalue weighted by atomic mass is 35.5. The van der Waals surface area contributed by atoms with Crippen molar-refractivity contribution >= 4 is 21.6 Å². The van der Waals surface area contributed by atoms with Crippen molar-refractivity contribution in [1.29, 1.82) is 0 Å². The second-order valence-corrected chi connectivity index (χ2v) is 8.61. The molecule has 0 aliphatic carbocycles. The standard InChI is InChI=1S/C19H22ClNO2S/c1-15-10-12-16(13-11-15)24(22,23)21-14-6-2-3-9-19(21)17-7-4-5-8-18(17)20/h4-5,7-8,10-13,19H,2-3,6,9,14H2,1H3. The van der Waals surface area contributed by atoms with Crippen LogP contribution in [0.5, 0.6) is 0 Å². The van der Waals surface area contributed by atoms with E-state index in [1.165, 1.54) is 0 Å². The number of hydrogen-bond acceptors (Lipinski definition) is 2. The van der Waals surface area contributed by atoms with Gasteiger partial charge in [0, 0.05) is 11.6 Å². The van der Waals surface area contributed by atoms with Crippen molar-refractivity contribution < 1.29 is 8.42 Å². The molecule has 1 unspecified atom stereocenters. The summed E-state index contributed by atoms with van der Waals surface area (Å²) in [5, 5.41) is 0.633. The van der Waals surface area contributed by atoms with Crippen LogP contribution in [0.1, 0.15) is 42.9 Å². The first-order valence-corrected chi connectivity index (χ1v) is 10.1. The molecule has 0 aromatic heterocycles. The van der Waals surface area contributed by atoms with E-state index >= 15 is 0 Å². The Kier molecular flexibility index (Phi) is 5.28. The molecule has 1 aliphatic rings. The van der Waals surface area contributed by atoms with E-state index in [1.54, 1.807) is 16.4 Å². The Morgan fingerprint density at radius 3 is 2.42 bits per heavy atom. The molecule has 2 aromatic rings. The molecule has 3 nitrogen and oxygen atoms in total. The van der Waals surface area contributed by atoms with Gasteiger partial charge in [-0.15, -0.1) is 0 Å². The van der Waals surface area contributed by atoms with Gasteiger partial charge in [-0.2, -0.15) is 4.31 Å². The zero-order valence-corrected chi connectivity index (χ0v) is 15.4. The Bertz CT molecular complexity index is 802. The van der Waals surface area contributed by atoms with E-state index in [-0.39, 0.29) is 6.04 Å². The summed E-state index contributed by atoms with van der Waals surface area (Å²) < 4.78 is 28.1. The van der Waals surface area contributed by atoms with Gasteiger partial charge in [-0.25, -0.2) is 8.42 Å². The third-order valence-electron chi connectivity index (χ3n) is 4.60. The van der Waals surface area contributed by atoms with Gasteiger partial charge in [0.1, 0.15) is 0 Å². The highest BCUT2D eigenvalue weighted by molar-refractivity contribution is 7.89. The molecule has 0 amide bonds. The van der Waals surface area contributed by atoms with Gasteiger partial charge in [0.15, 0.2) is 0 Å². The van der Waals surface area contributed by atoms with E-state index < -0.39 is 10.0 Å². The number of benzene rings is 2. The predicted molar refractivity (Wildman–Crippen MR) is 97.7 cm³/mol. The van der Waals surface area contributed by atoms with Crippen molar-refractivity contribution in [2.24, 2.45) is 0 Å². The van der Waals surface area contributed by atoms with Gasteiger partial charge in [-0.1, -0.05) is 60.3 Å². The molecule has 0 radical (unpaired) electrons. The fourth-order valence-corrected chi connectivity index (χ4v) is 5.21. The van der Waals surface area contributed by atoms with Crippen LogP contribution < -0.4 is 0 Å². The summed E-state index contributed by atoms with van der Waals surface area (Å²) in [6.07, 6.45) is 3.73. The minimum atomic E-state index is -3.54. The van der Waals surface area contributed by atoms with Crippen molar-refractivity contribution in [3.05, 3.63) is 64.7 Å². The second kappa shape index (κ2) is 7.26. The van der Waals surface area contributed by atoms with Crippen molar-refractivity contribution in [3.8, 4) is 0 Å². The third kappa shape index (κ3) is 3.51. The molecule has 1 fully saturated rings. The molecule has 0 bridgehead atoms. The number of rotatable bonds is 3. The van der Waals surface area contributed by atoms with E-state index in [1.807, 2.05) is 43.3 Å². The summed E-state index contributed by atoms with van der Waals surface area (Å²) in [5.41, 5.74) is 1.95. The Morgan fingerprint density at radius 1 is 1.00 bits per heavy atom. The summed E-state index contributed by atoms with van der Waals surface area (Å²) in [7, 11) is -3.54. The summed E-state index contributed by atoms with van der Waals surface area (Å²) in [5.74, 6) is 0. The largest absolute Gasteiger partial charge is 0.243 e. The Labute approximate surface area is 149 Å². The first kappa shape index (κ1) is 17.5. The molecule has 0 spiro atoms. The predicted octanol–water partition coefficient (Wildman–Crippen LogP) is 4.95. The van der Waals surface area contributed by atoms with E-state index in [9.17, 15) is 8.42 Å². The minimum absolute atomic E-state index is 0.201. The number of sulfonamides is 1. The molecular weight excluding hydrogens is 342 g/mol. The second-order valence-electron chi connectivity index (χ2n) is 6.32. The van der Waals surface area contributed by atoms with Gasteiger partial charge in [-0.3, -0.25) is 0 Å². The lowest BCUT2D eigenvalue weighted by Gasteiger charge is -2.30. The maximum Gasteiger partial charge on any atom is 0.243 e. The Balaban J connectivity index is 2.04. The van der Waals surface area contributed by atoms with Crippen LogP contribution in [0.2, 0.25) is 5.02 Å². The molecule has 1 atom stereocenters. The van der Waals surface area contributed by atoms with Gasteiger partial charge in [0.25, 0.3) is 0 Å². The molecule has 1 aliphatic heterocycles. The lowest BCUT2D eigenvalue weighted by atomic mass is 10.0. The molecule has 128 valence electrons. The average Bonchev–Trinajstić information content (AvgIpc) is 2.82. The summed E-state index contributed by atoms with van der Waals surface area (Å²) in [6.45, 7) is 2.49. The third-order valence-corrected chi connectivity index (χ3v) is 6.86. The van der Waals surface area contributed by atoms with Gasteiger partial charge < -0.3 is 0 Å². The van der Waals surface area contributed by atoms with Gasteiger partial charge in [0.2, 0.25) is 10.0 Å². The quantitative estimate of drug-likeness (QED) is 0.773. The zero-order chi connectivity index (χ0) is 17.2. The van der Waals surface area contributed by atoms with Crippen molar-refractivity contribution in [1.82, 2.24) is 4.31 Å². The molecule has 0 saturated carbocycles. The Hall–Kier alpha value is -1.36. The number of halogens is 1. The van der Waals surface area contributed by atoms with Gasteiger partial charge in [0.05, 0.1) is 10.9 Å². The van der Waals surface area contributed by atoms with Crippen LogP contribution >= 0.6 is 11.6 Å². The van der Waals surface area contributed by atoms with E-state index in [4.69, 9.17) is 11.6 Å². The summed E-state index contributed by atoms with van der Waals surface area (Å²) >= 11 is 6.37. The van der Waals surface area contributed by atoms with E-state index in [2.05, 4.69) is 0 Å². The fourth-order valence-electron chi connectivity index (χ4n) is 3.27. The molecule has 1 saturated heterocycles. The zero-order valence-electron chi connectivity index (χ0n) is 13.8. The number of nitrogens with zero attached hydrogens (tertiary/aromatic N) is 1. The fraction of sp³-hybridized carbons (Fsp3) is 0.368. The van der Waals surface area contributed by atoms with Crippen molar-refractivity contribution in [2.45, 2.75) is 43.5 Å². The van der Waals surface area contributed by atoms with Crippen LogP contribution in [0.4, 0.5) is 0 Å². The molecule has 3 rings (SSSR count). The van der Waals surface area contributed by atoms with Crippen LogP contribution in [0.15, 0.2) is 53.4 Å². The smallest absolute Gasteiger partial charge is 0.207 e. The lowest BCUT2D eigenvalue weighted by Crippen LogP contribution is -2.35. The molecule has 5 heteroatoms. The first-order chi connectivity index (χ1) is 11.5. The molecular formula is C19H22ClNO2S. The topological polar surface area (TPSA) is 37.4 Å². The van der Waals surface area contributed by atoms with E-state index in [0.717, 1.165) is 36.8 Å². The molecule has 24 heavy (non-hydrogen) atoms. The summed E-state index contributed by atoms with van der Waals surface area (Å²) in [6, 6.07) is 14.4. The van der Waals surface area contributed by atoms with Gasteiger partial charge >= 0.3 is 0 Å². The van der Waals surface area contributed by atoms with E-state index in [0.29, 0.717) is 16.5 Å². The van der Waals surface area contributed by atoms with Crippen LogP contribution in [0, 0.1) is 6.92 Å². The number of aryl methyl sites for hydroxylation is 1. The maximum atomic E-state index is 13.2. The van der Waals surface area contributed by atoms with Gasteiger partial charge in [-0.05, 0) is 43.5 Å². The molecule has 0 N–H and O–H groups in total. The first-order valence-electron chi connectivity index (χ1n) is 8.33. The maximum absolute atomic E-state index is 13.2. The molecule has 1 heterocycles. The van der Waals surface area contributed by atoms with Crippen molar-refractivity contribution in [3.63, 3.8) is 0 Å². The van der Waals surface area contributed by atoms with Crippen LogP contribution in [0.3, 0.4) is 0 Å². The highest BCUT2D eigenvalue weighted by Gasteiger charge is 2.34. The van der Waals surface area contributed by atoms with Crippen LogP contribution in [-0.2, 0) is 10.0 Å². The lowest BCUT2D eigenvalue weighted by molar-refractivity contribution is 0.329. The highest BCUT2D eigenvalue weighted by Crippen LogP contribution is 2.37. The normalized spacial score (nSPS) is 19.8. The van der Waals surface area contributed by atoms with Crippen LogP contribution in [0.25, 0.3) is 0 Å². The summed E-state index contributed by atoms with van der Waals surface area (Å²) in [4.78, 5) is 0.354. The Morgan fingerprint density at radius 2 is 1.71 bits per heavy atom. The van der Waals surface area contributed by atoms with Crippen molar-refractivity contribution in [2.75, 3.05) is 6.54 Å². The number of hydrogen-bond donors (Lipinski definition) is 0. The average molecular weight is 364 g/mol. The molecule has 2 aromatic carbocycles. The monoisotopic (exact) mass is 363 g/mol. The SMILES string of the molecule is Cc1ccc(S(=O)(=O)N2CCCCCC2c2ccccc2Cl)cc1. The minimum Gasteiger partial charge on any atom is -0.207 e.